The number of phenols is 1. The lowest BCUT2D eigenvalue weighted by Gasteiger charge is -2.18. The molecule has 3 aromatic rings. The van der Waals surface area contributed by atoms with Crippen molar-refractivity contribution in [3.8, 4) is 22.6 Å². The monoisotopic (exact) mass is 369 g/mol. The van der Waals surface area contributed by atoms with E-state index in [1.54, 1.807) is 18.2 Å². The number of nitrogens with two attached hydrogens (primary N) is 3. The van der Waals surface area contributed by atoms with Crippen molar-refractivity contribution in [2.75, 3.05) is 23.8 Å². The Kier molecular flexibility index (Phi) is 4.98. The maximum atomic E-state index is 13.7. The zero-order valence-electron chi connectivity index (χ0n) is 14.7. The molecule has 0 unspecified atom stereocenters. The van der Waals surface area contributed by atoms with Crippen molar-refractivity contribution in [2.45, 2.75) is 13.3 Å². The fourth-order valence-electron chi connectivity index (χ4n) is 2.83. The average Bonchev–Trinajstić information content (AvgIpc) is 2.62. The zero-order valence-corrected chi connectivity index (χ0v) is 14.7. The first kappa shape index (κ1) is 18.2. The first-order chi connectivity index (χ1) is 12.9. The predicted octanol–water partition coefficient (Wildman–Crippen LogP) is 2.72. The van der Waals surface area contributed by atoms with Crippen molar-refractivity contribution >= 4 is 17.5 Å². The quantitative estimate of drug-likeness (QED) is 0.401. The number of rotatable bonds is 5. The third-order valence-electron chi connectivity index (χ3n) is 4.10. The van der Waals surface area contributed by atoms with Crippen molar-refractivity contribution < 1.29 is 14.2 Å². The summed E-state index contributed by atoms with van der Waals surface area (Å²) < 4.78 is 19.3. The van der Waals surface area contributed by atoms with E-state index in [9.17, 15) is 9.50 Å². The Bertz CT molecular complexity index is 994. The number of ether oxygens (including phenoxy) is 1. The van der Waals surface area contributed by atoms with Gasteiger partial charge in [-0.05, 0) is 36.2 Å². The second kappa shape index (κ2) is 7.36. The van der Waals surface area contributed by atoms with Crippen molar-refractivity contribution in [3.05, 3.63) is 53.5 Å². The van der Waals surface area contributed by atoms with E-state index in [1.165, 1.54) is 18.3 Å². The Labute approximate surface area is 155 Å². The highest BCUT2D eigenvalue weighted by Crippen LogP contribution is 2.44. The van der Waals surface area contributed by atoms with E-state index in [1.807, 2.05) is 6.92 Å². The van der Waals surface area contributed by atoms with Gasteiger partial charge < -0.3 is 27.0 Å². The lowest BCUT2D eigenvalue weighted by molar-refractivity contribution is 0.339. The molecule has 0 atom stereocenters. The molecule has 0 saturated carbocycles. The fourth-order valence-corrected chi connectivity index (χ4v) is 2.83. The Balaban J connectivity index is 2.12. The van der Waals surface area contributed by atoms with Gasteiger partial charge in [0.1, 0.15) is 23.1 Å². The maximum Gasteiger partial charge on any atom is 0.221 e. The molecule has 0 aliphatic carbocycles. The number of hydrogen-bond donors (Lipinski definition) is 4. The molecule has 0 aliphatic heterocycles. The Morgan fingerprint density at radius 1 is 1.15 bits per heavy atom. The number of anilines is 3. The molecule has 1 heterocycles. The summed E-state index contributed by atoms with van der Waals surface area (Å²) in [7, 11) is 0. The topological polar surface area (TPSA) is 133 Å². The SMILES string of the molecule is CCOc1cc(Cc2cnc(N)nc2N)c(N)c(O)c1-c1cccc(F)c1. The Morgan fingerprint density at radius 3 is 2.59 bits per heavy atom. The third kappa shape index (κ3) is 3.69. The van der Waals surface area contributed by atoms with E-state index in [4.69, 9.17) is 21.9 Å². The molecule has 140 valence electrons. The Morgan fingerprint density at radius 2 is 1.93 bits per heavy atom. The van der Waals surface area contributed by atoms with Gasteiger partial charge in [-0.2, -0.15) is 4.98 Å². The van der Waals surface area contributed by atoms with E-state index in [-0.39, 0.29) is 29.6 Å². The molecular weight excluding hydrogens is 349 g/mol. The van der Waals surface area contributed by atoms with Gasteiger partial charge in [0.05, 0.1) is 17.9 Å². The molecule has 3 rings (SSSR count). The van der Waals surface area contributed by atoms with E-state index < -0.39 is 5.82 Å². The van der Waals surface area contributed by atoms with Crippen LogP contribution >= 0.6 is 0 Å². The van der Waals surface area contributed by atoms with Crippen LogP contribution in [0.3, 0.4) is 0 Å². The summed E-state index contributed by atoms with van der Waals surface area (Å²) in [6.45, 7) is 2.17. The van der Waals surface area contributed by atoms with Crippen molar-refractivity contribution in [3.63, 3.8) is 0 Å². The Hall–Kier alpha value is -3.55. The molecule has 2 aromatic carbocycles. The van der Waals surface area contributed by atoms with Crippen molar-refractivity contribution in [2.24, 2.45) is 0 Å². The normalized spacial score (nSPS) is 10.7. The van der Waals surface area contributed by atoms with Crippen LogP contribution in [0.2, 0.25) is 0 Å². The van der Waals surface area contributed by atoms with E-state index in [0.717, 1.165) is 0 Å². The number of aromatic nitrogens is 2. The van der Waals surface area contributed by atoms with Crippen LogP contribution in [0.1, 0.15) is 18.1 Å². The lowest BCUT2D eigenvalue weighted by atomic mass is 9.96. The highest BCUT2D eigenvalue weighted by Gasteiger charge is 2.20. The minimum atomic E-state index is -0.427. The van der Waals surface area contributed by atoms with Crippen LogP contribution in [-0.4, -0.2) is 21.7 Å². The highest BCUT2D eigenvalue weighted by molar-refractivity contribution is 5.84. The number of phenolic OH excluding ortho intramolecular Hbond substituents is 1. The smallest absolute Gasteiger partial charge is 0.221 e. The third-order valence-corrected chi connectivity index (χ3v) is 4.10. The predicted molar refractivity (Wildman–Crippen MR) is 103 cm³/mol. The summed E-state index contributed by atoms with van der Waals surface area (Å²) in [6.07, 6.45) is 1.78. The first-order valence-electron chi connectivity index (χ1n) is 8.30. The second-order valence-electron chi connectivity index (χ2n) is 5.93. The van der Waals surface area contributed by atoms with Gasteiger partial charge in [-0.1, -0.05) is 12.1 Å². The standard InChI is InChI=1S/C19H20FN5O2/c1-2-27-14-8-11(6-12-9-24-19(23)25-18(12)22)16(21)17(26)15(14)10-4-3-5-13(20)7-10/h3-5,7-9,26H,2,6,21H2,1H3,(H4,22,23,24,25). The number of halogens is 1. The maximum absolute atomic E-state index is 13.7. The molecule has 0 aliphatic rings. The molecule has 8 heteroatoms. The van der Waals surface area contributed by atoms with Gasteiger partial charge in [0.15, 0.2) is 0 Å². The van der Waals surface area contributed by atoms with E-state index in [0.29, 0.717) is 34.6 Å². The first-order valence-corrected chi connectivity index (χ1v) is 8.30. The number of hydrogen-bond acceptors (Lipinski definition) is 7. The van der Waals surface area contributed by atoms with Crippen molar-refractivity contribution in [1.82, 2.24) is 9.97 Å². The fraction of sp³-hybridized carbons (Fsp3) is 0.158. The molecule has 1 aromatic heterocycles. The van der Waals surface area contributed by atoms with Crippen LogP contribution in [0, 0.1) is 5.82 Å². The average molecular weight is 369 g/mol. The summed E-state index contributed by atoms with van der Waals surface area (Å²) in [5, 5.41) is 10.7. The molecule has 0 fully saturated rings. The minimum absolute atomic E-state index is 0.0727. The molecule has 0 spiro atoms. The zero-order chi connectivity index (χ0) is 19.6. The van der Waals surface area contributed by atoms with Crippen LogP contribution in [0.15, 0.2) is 36.5 Å². The summed E-state index contributed by atoms with van der Waals surface area (Å²) in [6, 6.07) is 7.56. The number of nitrogens with zero attached hydrogens (tertiary/aromatic N) is 2. The van der Waals surface area contributed by atoms with Crippen LogP contribution in [0.25, 0.3) is 11.1 Å². The second-order valence-corrected chi connectivity index (χ2v) is 5.93. The van der Waals surface area contributed by atoms with Crippen LogP contribution in [0.4, 0.5) is 21.8 Å². The molecule has 7 nitrogen and oxygen atoms in total. The van der Waals surface area contributed by atoms with Crippen LogP contribution < -0.4 is 21.9 Å². The number of nitrogen functional groups attached to an aromatic ring is 3. The van der Waals surface area contributed by atoms with Gasteiger partial charge in [-0.15, -0.1) is 0 Å². The van der Waals surface area contributed by atoms with Crippen molar-refractivity contribution in [1.29, 1.82) is 0 Å². The summed E-state index contributed by atoms with van der Waals surface area (Å²) in [5.41, 5.74) is 19.7. The van der Waals surface area contributed by atoms with Gasteiger partial charge in [0.2, 0.25) is 5.95 Å². The van der Waals surface area contributed by atoms with Gasteiger partial charge in [-0.25, -0.2) is 9.37 Å². The van der Waals surface area contributed by atoms with Gasteiger partial charge in [0, 0.05) is 18.2 Å². The minimum Gasteiger partial charge on any atom is -0.505 e. The number of aromatic hydroxyl groups is 1. The molecule has 0 saturated heterocycles. The molecule has 0 bridgehead atoms. The largest absolute Gasteiger partial charge is 0.505 e. The highest BCUT2D eigenvalue weighted by atomic mass is 19.1. The summed E-state index contributed by atoms with van der Waals surface area (Å²) in [5.74, 6) is 0.0806. The number of benzene rings is 2. The molecule has 7 N–H and O–H groups in total. The van der Waals surface area contributed by atoms with Gasteiger partial charge >= 0.3 is 0 Å². The summed E-state index contributed by atoms with van der Waals surface area (Å²) in [4.78, 5) is 7.86. The molecule has 27 heavy (non-hydrogen) atoms. The molecule has 0 amide bonds. The van der Waals surface area contributed by atoms with Gasteiger partial charge in [0.25, 0.3) is 0 Å². The summed E-state index contributed by atoms with van der Waals surface area (Å²) >= 11 is 0. The van der Waals surface area contributed by atoms with E-state index >= 15 is 0 Å². The van der Waals surface area contributed by atoms with Gasteiger partial charge in [-0.3, -0.25) is 0 Å². The molecular formula is C19H20FN5O2. The van der Waals surface area contributed by atoms with Crippen LogP contribution in [0.5, 0.6) is 11.5 Å². The van der Waals surface area contributed by atoms with Crippen LogP contribution in [-0.2, 0) is 6.42 Å². The lowest BCUT2D eigenvalue weighted by Crippen LogP contribution is -2.06. The van der Waals surface area contributed by atoms with E-state index in [2.05, 4.69) is 9.97 Å². The molecule has 0 radical (unpaired) electrons.